The average Bonchev–Trinajstić information content (AvgIpc) is 2.01. The summed E-state index contributed by atoms with van der Waals surface area (Å²) in [7, 11) is 0. The van der Waals surface area contributed by atoms with Crippen LogP contribution in [0.15, 0.2) is 18.2 Å². The molecule has 0 atom stereocenters. The van der Waals surface area contributed by atoms with Crippen molar-refractivity contribution in [2.45, 2.75) is 32.6 Å². The van der Waals surface area contributed by atoms with Crippen molar-refractivity contribution in [3.63, 3.8) is 0 Å². The molecular formula is C11H13F3. The van der Waals surface area contributed by atoms with Crippen molar-refractivity contribution >= 4 is 0 Å². The molecular weight excluding hydrogens is 189 g/mol. The monoisotopic (exact) mass is 202 g/mol. The summed E-state index contributed by atoms with van der Waals surface area (Å²) in [4.78, 5) is 0. The Morgan fingerprint density at radius 2 is 1.71 bits per heavy atom. The molecule has 0 radical (unpaired) electrons. The number of halogens is 3. The molecule has 0 aliphatic rings. The van der Waals surface area contributed by atoms with Crippen molar-refractivity contribution in [1.82, 2.24) is 0 Å². The van der Waals surface area contributed by atoms with Gasteiger partial charge in [0.25, 0.3) is 6.43 Å². The van der Waals surface area contributed by atoms with E-state index in [4.69, 9.17) is 0 Å². The van der Waals surface area contributed by atoms with E-state index < -0.39 is 12.2 Å². The van der Waals surface area contributed by atoms with E-state index in [1.54, 1.807) is 0 Å². The summed E-state index contributed by atoms with van der Waals surface area (Å²) >= 11 is 0. The lowest BCUT2D eigenvalue weighted by molar-refractivity contribution is 0.151. The zero-order valence-electron chi connectivity index (χ0n) is 8.44. The van der Waals surface area contributed by atoms with Crippen LogP contribution in [-0.4, -0.2) is 0 Å². The van der Waals surface area contributed by atoms with Gasteiger partial charge in [0.2, 0.25) is 0 Å². The molecule has 1 aromatic rings. The number of hydrogen-bond acceptors (Lipinski definition) is 0. The predicted octanol–water partition coefficient (Wildman–Crippen LogP) is 4.06. The van der Waals surface area contributed by atoms with Gasteiger partial charge in [-0.2, -0.15) is 0 Å². The normalized spacial score (nSPS) is 12.2. The Balaban J connectivity index is 3.15. The largest absolute Gasteiger partial charge is 0.263 e. The van der Waals surface area contributed by atoms with Crippen LogP contribution in [0.4, 0.5) is 13.2 Å². The lowest BCUT2D eigenvalue weighted by Gasteiger charge is -2.20. The van der Waals surface area contributed by atoms with Gasteiger partial charge in [0, 0.05) is 5.56 Å². The second-order valence-electron chi connectivity index (χ2n) is 4.29. The van der Waals surface area contributed by atoms with E-state index in [9.17, 15) is 13.2 Å². The van der Waals surface area contributed by atoms with Crippen LogP contribution < -0.4 is 0 Å². The highest BCUT2D eigenvalue weighted by Gasteiger charge is 2.19. The van der Waals surface area contributed by atoms with E-state index in [0.29, 0.717) is 5.56 Å². The maximum atomic E-state index is 13.4. The lowest BCUT2D eigenvalue weighted by Crippen LogP contribution is -2.13. The molecule has 0 fully saturated rings. The number of benzene rings is 1. The second kappa shape index (κ2) is 3.64. The van der Waals surface area contributed by atoms with Gasteiger partial charge in [-0.05, 0) is 17.0 Å². The molecule has 78 valence electrons. The van der Waals surface area contributed by atoms with Gasteiger partial charge in [0.05, 0.1) is 0 Å². The molecule has 0 aliphatic carbocycles. The Morgan fingerprint density at radius 1 is 1.14 bits per heavy atom. The fraction of sp³-hybridized carbons (Fsp3) is 0.455. The SMILES string of the molecule is CC(C)(C)c1ccc(C(F)F)cc1F. The molecule has 0 amide bonds. The first kappa shape index (κ1) is 11.1. The van der Waals surface area contributed by atoms with Gasteiger partial charge in [-0.25, -0.2) is 13.2 Å². The van der Waals surface area contributed by atoms with E-state index in [0.717, 1.165) is 6.07 Å². The number of hydrogen-bond donors (Lipinski definition) is 0. The minimum Gasteiger partial charge on any atom is -0.207 e. The highest BCUT2D eigenvalue weighted by molar-refractivity contribution is 5.29. The van der Waals surface area contributed by atoms with Crippen molar-refractivity contribution in [1.29, 1.82) is 0 Å². The van der Waals surface area contributed by atoms with Gasteiger partial charge in [-0.3, -0.25) is 0 Å². The summed E-state index contributed by atoms with van der Waals surface area (Å²) < 4.78 is 37.8. The molecule has 0 N–H and O–H groups in total. The highest BCUT2D eigenvalue weighted by atomic mass is 19.3. The molecule has 0 unspecified atom stereocenters. The molecule has 0 aromatic heterocycles. The Labute approximate surface area is 81.8 Å². The number of alkyl halides is 2. The van der Waals surface area contributed by atoms with Crippen LogP contribution in [0, 0.1) is 5.82 Å². The summed E-state index contributed by atoms with van der Waals surface area (Å²) in [5.41, 5.74) is -0.164. The van der Waals surface area contributed by atoms with Crippen LogP contribution in [0.25, 0.3) is 0 Å². The quantitative estimate of drug-likeness (QED) is 0.644. The minimum absolute atomic E-state index is 0.268. The molecule has 0 aliphatic heterocycles. The molecule has 1 rings (SSSR count). The summed E-state index contributed by atoms with van der Waals surface area (Å²) in [6, 6.07) is 3.61. The van der Waals surface area contributed by atoms with Gasteiger partial charge >= 0.3 is 0 Å². The van der Waals surface area contributed by atoms with E-state index in [-0.39, 0.29) is 11.0 Å². The Hall–Kier alpha value is -0.990. The molecule has 0 bridgehead atoms. The van der Waals surface area contributed by atoms with E-state index in [1.807, 2.05) is 20.8 Å². The summed E-state index contributed by atoms with van der Waals surface area (Å²) in [5.74, 6) is -0.560. The Morgan fingerprint density at radius 3 is 2.07 bits per heavy atom. The predicted molar refractivity (Wildman–Crippen MR) is 50.1 cm³/mol. The first-order chi connectivity index (χ1) is 6.32. The third-order valence-electron chi connectivity index (χ3n) is 2.05. The summed E-state index contributed by atoms with van der Waals surface area (Å²) in [6.07, 6.45) is -2.61. The molecule has 0 nitrogen and oxygen atoms in total. The van der Waals surface area contributed by atoms with Crippen molar-refractivity contribution in [3.05, 3.63) is 35.1 Å². The lowest BCUT2D eigenvalue weighted by atomic mass is 9.86. The molecule has 1 aromatic carbocycles. The van der Waals surface area contributed by atoms with Crippen LogP contribution in [-0.2, 0) is 5.41 Å². The molecule has 0 spiro atoms. The Bertz CT molecular complexity index is 324. The minimum atomic E-state index is -2.61. The third kappa shape index (κ3) is 2.28. The van der Waals surface area contributed by atoms with Crippen LogP contribution in [0.5, 0.6) is 0 Å². The number of rotatable bonds is 1. The van der Waals surface area contributed by atoms with Crippen LogP contribution >= 0.6 is 0 Å². The standard InChI is InChI=1S/C11H13F3/c1-11(2,3)8-5-4-7(10(13)14)6-9(8)12/h4-6,10H,1-3H3. The van der Waals surface area contributed by atoms with E-state index in [2.05, 4.69) is 0 Å². The molecule has 0 saturated heterocycles. The van der Waals surface area contributed by atoms with E-state index in [1.165, 1.54) is 12.1 Å². The summed E-state index contributed by atoms with van der Waals surface area (Å²) in [6.45, 7) is 5.52. The topological polar surface area (TPSA) is 0 Å². The fourth-order valence-electron chi connectivity index (χ4n) is 1.28. The Kier molecular flexibility index (Phi) is 2.88. The average molecular weight is 202 g/mol. The van der Waals surface area contributed by atoms with Crippen molar-refractivity contribution in [2.24, 2.45) is 0 Å². The zero-order chi connectivity index (χ0) is 10.9. The van der Waals surface area contributed by atoms with Gasteiger partial charge in [0.15, 0.2) is 0 Å². The summed E-state index contributed by atoms with van der Waals surface area (Å²) in [5, 5.41) is 0. The van der Waals surface area contributed by atoms with Crippen LogP contribution in [0.1, 0.15) is 38.3 Å². The molecule has 0 heterocycles. The maximum absolute atomic E-state index is 13.4. The van der Waals surface area contributed by atoms with Gasteiger partial charge in [0.1, 0.15) is 5.82 Å². The van der Waals surface area contributed by atoms with Crippen molar-refractivity contribution in [2.75, 3.05) is 0 Å². The second-order valence-corrected chi connectivity index (χ2v) is 4.29. The van der Waals surface area contributed by atoms with Crippen LogP contribution in [0.2, 0.25) is 0 Å². The molecule has 14 heavy (non-hydrogen) atoms. The highest BCUT2D eigenvalue weighted by Crippen LogP contribution is 2.28. The van der Waals surface area contributed by atoms with Crippen molar-refractivity contribution in [3.8, 4) is 0 Å². The van der Waals surface area contributed by atoms with Gasteiger partial charge < -0.3 is 0 Å². The zero-order valence-corrected chi connectivity index (χ0v) is 8.44. The maximum Gasteiger partial charge on any atom is 0.263 e. The smallest absolute Gasteiger partial charge is 0.207 e. The van der Waals surface area contributed by atoms with Crippen molar-refractivity contribution < 1.29 is 13.2 Å². The first-order valence-corrected chi connectivity index (χ1v) is 4.40. The molecule has 0 saturated carbocycles. The van der Waals surface area contributed by atoms with Gasteiger partial charge in [-0.15, -0.1) is 0 Å². The fourth-order valence-corrected chi connectivity index (χ4v) is 1.28. The first-order valence-electron chi connectivity index (χ1n) is 4.40. The third-order valence-corrected chi connectivity index (χ3v) is 2.05. The van der Waals surface area contributed by atoms with Crippen LogP contribution in [0.3, 0.4) is 0 Å². The molecule has 3 heteroatoms. The van der Waals surface area contributed by atoms with E-state index >= 15 is 0 Å². The van der Waals surface area contributed by atoms with Gasteiger partial charge in [-0.1, -0.05) is 32.9 Å².